The lowest BCUT2D eigenvalue weighted by atomic mass is 9.73. The van der Waals surface area contributed by atoms with Crippen molar-refractivity contribution in [3.8, 4) is 5.69 Å². The molecule has 1 N–H and O–H groups in total. The Kier molecular flexibility index (Phi) is 4.99. The molecule has 4 rings (SSSR count). The van der Waals surface area contributed by atoms with E-state index < -0.39 is 24.1 Å². The van der Waals surface area contributed by atoms with Crippen LogP contribution in [0.2, 0.25) is 0 Å². The Morgan fingerprint density at radius 2 is 2.07 bits per heavy atom. The van der Waals surface area contributed by atoms with Gasteiger partial charge in [0.25, 0.3) is 5.91 Å². The average molecular weight is 398 g/mol. The van der Waals surface area contributed by atoms with Crippen LogP contribution in [0, 0.1) is 5.92 Å². The van der Waals surface area contributed by atoms with Crippen molar-refractivity contribution in [3.05, 3.63) is 36.2 Å². The molecule has 2 unspecified atom stereocenters. The fourth-order valence-electron chi connectivity index (χ4n) is 4.02. The van der Waals surface area contributed by atoms with E-state index in [1.165, 1.54) is 4.68 Å². The van der Waals surface area contributed by atoms with Gasteiger partial charge < -0.3 is 10.1 Å². The standard InChI is InChI=1S/C19H22N6O4/c1-13-7-5-6-10-19(13)17(27)24(18(28)20-19)11-16(26)29-12-15-21-22-23-25(15)14-8-3-2-4-9-14/h2-4,8-9,13H,5-7,10-12H2,1H3,(H,20,28). The lowest BCUT2D eigenvalue weighted by Gasteiger charge is -2.36. The van der Waals surface area contributed by atoms with Crippen LogP contribution in [0.5, 0.6) is 0 Å². The van der Waals surface area contributed by atoms with E-state index in [0.29, 0.717) is 12.2 Å². The van der Waals surface area contributed by atoms with Crippen LogP contribution in [-0.4, -0.2) is 55.1 Å². The quantitative estimate of drug-likeness (QED) is 0.594. The molecule has 0 radical (unpaired) electrons. The van der Waals surface area contributed by atoms with Gasteiger partial charge in [-0.3, -0.25) is 14.5 Å². The van der Waals surface area contributed by atoms with Crippen molar-refractivity contribution in [2.75, 3.05) is 6.54 Å². The molecule has 0 bridgehead atoms. The third-order valence-electron chi connectivity index (χ3n) is 5.69. The Morgan fingerprint density at radius 3 is 2.83 bits per heavy atom. The summed E-state index contributed by atoms with van der Waals surface area (Å²) in [5.74, 6) is -0.680. The van der Waals surface area contributed by atoms with Crippen molar-refractivity contribution in [1.82, 2.24) is 30.4 Å². The second-order valence-electron chi connectivity index (χ2n) is 7.44. The number of esters is 1. The zero-order valence-electron chi connectivity index (χ0n) is 16.1. The number of tetrazole rings is 1. The molecule has 2 heterocycles. The number of imide groups is 1. The minimum absolute atomic E-state index is 0.0317. The van der Waals surface area contributed by atoms with Gasteiger partial charge in [-0.15, -0.1) is 5.10 Å². The predicted molar refractivity (Wildman–Crippen MR) is 99.6 cm³/mol. The lowest BCUT2D eigenvalue weighted by Crippen LogP contribution is -2.54. The second kappa shape index (κ2) is 7.61. The monoisotopic (exact) mass is 398 g/mol. The van der Waals surface area contributed by atoms with Crippen molar-refractivity contribution in [2.24, 2.45) is 5.92 Å². The topological polar surface area (TPSA) is 119 Å². The van der Waals surface area contributed by atoms with Gasteiger partial charge in [-0.2, -0.15) is 4.68 Å². The summed E-state index contributed by atoms with van der Waals surface area (Å²) in [5, 5.41) is 14.2. The molecule has 2 aromatic rings. The van der Waals surface area contributed by atoms with Crippen LogP contribution < -0.4 is 5.32 Å². The number of ether oxygens (including phenoxy) is 1. The van der Waals surface area contributed by atoms with Gasteiger partial charge >= 0.3 is 12.0 Å². The van der Waals surface area contributed by atoms with Crippen molar-refractivity contribution < 1.29 is 19.1 Å². The Balaban J connectivity index is 1.39. The molecule has 1 aromatic carbocycles. The predicted octanol–water partition coefficient (Wildman–Crippen LogP) is 1.21. The molecule has 10 heteroatoms. The number of amides is 3. The molecule has 1 aliphatic carbocycles. The number of rotatable bonds is 5. The minimum atomic E-state index is -0.896. The summed E-state index contributed by atoms with van der Waals surface area (Å²) in [6.07, 6.45) is 3.36. The molecule has 1 saturated heterocycles. The first-order valence-corrected chi connectivity index (χ1v) is 9.64. The van der Waals surface area contributed by atoms with Crippen molar-refractivity contribution in [1.29, 1.82) is 0 Å². The summed E-state index contributed by atoms with van der Waals surface area (Å²) >= 11 is 0. The van der Waals surface area contributed by atoms with E-state index >= 15 is 0 Å². The first-order chi connectivity index (χ1) is 14.0. The second-order valence-corrected chi connectivity index (χ2v) is 7.44. The highest BCUT2D eigenvalue weighted by atomic mass is 16.5. The highest BCUT2D eigenvalue weighted by Crippen LogP contribution is 2.38. The molecule has 1 saturated carbocycles. The Labute approximate surface area is 167 Å². The zero-order valence-corrected chi connectivity index (χ0v) is 16.1. The van der Waals surface area contributed by atoms with Crippen LogP contribution in [0.25, 0.3) is 5.69 Å². The highest BCUT2D eigenvalue weighted by molar-refractivity contribution is 6.08. The van der Waals surface area contributed by atoms with Crippen LogP contribution in [0.15, 0.2) is 30.3 Å². The lowest BCUT2D eigenvalue weighted by molar-refractivity contribution is -0.149. The SMILES string of the molecule is CC1CCCCC12NC(=O)N(CC(=O)OCc1nnnn1-c1ccccc1)C2=O. The summed E-state index contributed by atoms with van der Waals surface area (Å²) < 4.78 is 6.69. The van der Waals surface area contributed by atoms with E-state index in [-0.39, 0.29) is 18.4 Å². The molecule has 1 aliphatic heterocycles. The van der Waals surface area contributed by atoms with E-state index in [2.05, 4.69) is 20.8 Å². The van der Waals surface area contributed by atoms with Gasteiger partial charge in [-0.05, 0) is 41.3 Å². The molecule has 2 aliphatic rings. The Bertz CT molecular complexity index is 930. The van der Waals surface area contributed by atoms with Gasteiger partial charge in [0.15, 0.2) is 12.4 Å². The van der Waals surface area contributed by atoms with Crippen LogP contribution in [0.3, 0.4) is 0 Å². The number of nitrogens with zero attached hydrogens (tertiary/aromatic N) is 5. The van der Waals surface area contributed by atoms with Crippen LogP contribution in [-0.2, 0) is 20.9 Å². The van der Waals surface area contributed by atoms with Crippen LogP contribution in [0.4, 0.5) is 4.79 Å². The third-order valence-corrected chi connectivity index (χ3v) is 5.69. The number of urea groups is 1. The Hall–Kier alpha value is -3.30. The molecule has 29 heavy (non-hydrogen) atoms. The summed E-state index contributed by atoms with van der Waals surface area (Å²) in [7, 11) is 0. The van der Waals surface area contributed by atoms with E-state index in [4.69, 9.17) is 4.74 Å². The number of nitrogens with one attached hydrogen (secondary N) is 1. The number of carbonyl (C=O) groups is 3. The average Bonchev–Trinajstić information content (AvgIpc) is 3.29. The summed E-state index contributed by atoms with van der Waals surface area (Å²) in [6, 6.07) is 8.64. The van der Waals surface area contributed by atoms with Gasteiger partial charge in [0.2, 0.25) is 0 Å². The third kappa shape index (κ3) is 3.45. The molecule has 10 nitrogen and oxygen atoms in total. The van der Waals surface area contributed by atoms with Gasteiger partial charge in [0, 0.05) is 0 Å². The fraction of sp³-hybridized carbons (Fsp3) is 0.474. The maximum absolute atomic E-state index is 12.9. The van der Waals surface area contributed by atoms with Crippen LogP contribution in [0.1, 0.15) is 38.4 Å². The summed E-state index contributed by atoms with van der Waals surface area (Å²) in [6.45, 7) is 1.35. The summed E-state index contributed by atoms with van der Waals surface area (Å²) in [4.78, 5) is 38.5. The van der Waals surface area contributed by atoms with Gasteiger partial charge in [-0.1, -0.05) is 38.0 Å². The maximum Gasteiger partial charge on any atom is 0.326 e. The number of benzene rings is 1. The number of aromatic nitrogens is 4. The Morgan fingerprint density at radius 1 is 1.28 bits per heavy atom. The number of carbonyl (C=O) groups excluding carboxylic acids is 3. The molecule has 1 aromatic heterocycles. The number of hydrogen-bond acceptors (Lipinski definition) is 7. The fourth-order valence-corrected chi connectivity index (χ4v) is 4.02. The highest BCUT2D eigenvalue weighted by Gasteiger charge is 2.55. The van der Waals surface area contributed by atoms with E-state index in [1.807, 2.05) is 37.3 Å². The first kappa shape index (κ1) is 19.0. The van der Waals surface area contributed by atoms with E-state index in [9.17, 15) is 14.4 Å². The molecular formula is C19H22N6O4. The van der Waals surface area contributed by atoms with Crippen LogP contribution >= 0.6 is 0 Å². The largest absolute Gasteiger partial charge is 0.456 e. The normalized spacial score (nSPS) is 24.0. The van der Waals surface area contributed by atoms with E-state index in [0.717, 1.165) is 29.8 Å². The molecule has 3 amide bonds. The summed E-state index contributed by atoms with van der Waals surface area (Å²) in [5.41, 5.74) is -0.168. The van der Waals surface area contributed by atoms with Crippen molar-refractivity contribution >= 4 is 17.9 Å². The van der Waals surface area contributed by atoms with E-state index in [1.54, 1.807) is 0 Å². The molecule has 152 valence electrons. The molecular weight excluding hydrogens is 376 g/mol. The first-order valence-electron chi connectivity index (χ1n) is 9.64. The van der Waals surface area contributed by atoms with Crippen molar-refractivity contribution in [3.63, 3.8) is 0 Å². The van der Waals surface area contributed by atoms with Gasteiger partial charge in [0.05, 0.1) is 5.69 Å². The number of hydrogen-bond donors (Lipinski definition) is 1. The van der Waals surface area contributed by atoms with Gasteiger partial charge in [-0.25, -0.2) is 4.79 Å². The molecule has 2 fully saturated rings. The molecule has 1 spiro atoms. The maximum atomic E-state index is 12.9. The zero-order chi connectivity index (χ0) is 20.4. The molecule has 2 atom stereocenters. The number of para-hydroxylation sites is 1. The minimum Gasteiger partial charge on any atom is -0.456 e. The smallest absolute Gasteiger partial charge is 0.326 e. The van der Waals surface area contributed by atoms with Gasteiger partial charge in [0.1, 0.15) is 12.1 Å². The van der Waals surface area contributed by atoms with Crippen molar-refractivity contribution in [2.45, 2.75) is 44.8 Å².